The monoisotopic (exact) mass is 529 g/mol. The van der Waals surface area contributed by atoms with Crippen LogP contribution in [-0.2, 0) is 21.5 Å². The lowest BCUT2D eigenvalue weighted by Gasteiger charge is -2.22. The molecule has 35 heavy (non-hydrogen) atoms. The molecule has 0 atom stereocenters. The molecule has 1 heterocycles. The van der Waals surface area contributed by atoms with Crippen LogP contribution in [0.25, 0.3) is 0 Å². The van der Waals surface area contributed by atoms with Gasteiger partial charge < -0.3 is 9.47 Å². The standard InChI is InChI=1S/C27H31NO4S3/c1-22-10-12-25(13-11-22)35(29,30)28-14-18-33-20-23-6-2-4-8-26(23)31-16-17-32-27-9-5-3-7-24(27)21-34-19-15-28/h2-13H,14-21H2,1H3. The molecule has 0 saturated carbocycles. The summed E-state index contributed by atoms with van der Waals surface area (Å²) in [4.78, 5) is 0.349. The van der Waals surface area contributed by atoms with Crippen molar-refractivity contribution >= 4 is 33.5 Å². The third-order valence-corrected chi connectivity index (χ3v) is 9.57. The Kier molecular flexibility index (Phi) is 9.43. The van der Waals surface area contributed by atoms with Crippen molar-refractivity contribution in [2.75, 3.05) is 37.8 Å². The normalized spacial score (nSPS) is 16.7. The number of ether oxygens (including phenoxy) is 2. The van der Waals surface area contributed by atoms with Gasteiger partial charge in [-0.25, -0.2) is 8.42 Å². The third-order valence-electron chi connectivity index (χ3n) is 5.69. The van der Waals surface area contributed by atoms with Gasteiger partial charge in [0.2, 0.25) is 10.0 Å². The molecular formula is C27H31NO4S3. The summed E-state index contributed by atoms with van der Waals surface area (Å²) >= 11 is 3.44. The van der Waals surface area contributed by atoms with Crippen molar-refractivity contribution in [2.45, 2.75) is 23.3 Å². The first kappa shape index (κ1) is 25.9. The van der Waals surface area contributed by atoms with E-state index in [-0.39, 0.29) is 0 Å². The fourth-order valence-corrected chi connectivity index (χ4v) is 7.32. The van der Waals surface area contributed by atoms with Crippen molar-refractivity contribution in [2.24, 2.45) is 0 Å². The molecule has 1 aliphatic rings. The molecule has 0 aliphatic carbocycles. The minimum absolute atomic E-state index is 0.349. The molecule has 8 heteroatoms. The lowest BCUT2D eigenvalue weighted by atomic mass is 10.2. The van der Waals surface area contributed by atoms with Crippen LogP contribution < -0.4 is 9.47 Å². The average molecular weight is 530 g/mol. The zero-order valence-corrected chi connectivity index (χ0v) is 22.3. The fraction of sp³-hybridized carbons (Fsp3) is 0.333. The maximum atomic E-state index is 13.4. The van der Waals surface area contributed by atoms with Crippen LogP contribution >= 0.6 is 23.5 Å². The fourth-order valence-electron chi connectivity index (χ4n) is 3.74. The van der Waals surface area contributed by atoms with Gasteiger partial charge in [0.25, 0.3) is 0 Å². The predicted molar refractivity (Wildman–Crippen MR) is 146 cm³/mol. The average Bonchev–Trinajstić information content (AvgIpc) is 2.87. The van der Waals surface area contributed by atoms with Crippen molar-refractivity contribution in [1.29, 1.82) is 0 Å². The van der Waals surface area contributed by atoms with Gasteiger partial charge in [-0.1, -0.05) is 54.1 Å². The Balaban J connectivity index is 1.54. The first-order valence-electron chi connectivity index (χ1n) is 11.7. The highest BCUT2D eigenvalue weighted by molar-refractivity contribution is 7.98. The molecular weight excluding hydrogens is 499 g/mol. The molecule has 4 rings (SSSR count). The molecule has 0 saturated heterocycles. The summed E-state index contributed by atoms with van der Waals surface area (Å²) in [5.74, 6) is 4.62. The van der Waals surface area contributed by atoms with E-state index in [0.717, 1.165) is 39.7 Å². The van der Waals surface area contributed by atoms with Crippen molar-refractivity contribution in [3.05, 3.63) is 89.5 Å². The SMILES string of the molecule is Cc1ccc(S(=O)(=O)N2CCSCc3ccccc3OCCOc3ccccc3CSCC2)cc1. The van der Waals surface area contributed by atoms with Crippen molar-refractivity contribution in [1.82, 2.24) is 4.31 Å². The number of hydrogen-bond donors (Lipinski definition) is 0. The van der Waals surface area contributed by atoms with E-state index in [0.29, 0.717) is 42.7 Å². The number of benzene rings is 3. The van der Waals surface area contributed by atoms with E-state index in [1.54, 1.807) is 40.0 Å². The molecule has 0 fully saturated rings. The molecule has 5 nitrogen and oxygen atoms in total. The minimum atomic E-state index is -3.57. The van der Waals surface area contributed by atoms with Crippen molar-refractivity contribution in [3.63, 3.8) is 0 Å². The Bertz CT molecular complexity index is 1140. The van der Waals surface area contributed by atoms with Crippen LogP contribution in [0.1, 0.15) is 16.7 Å². The summed E-state index contributed by atoms with van der Waals surface area (Å²) in [5.41, 5.74) is 3.25. The van der Waals surface area contributed by atoms with Crippen LogP contribution in [0.2, 0.25) is 0 Å². The van der Waals surface area contributed by atoms with E-state index in [2.05, 4.69) is 12.1 Å². The maximum absolute atomic E-state index is 13.4. The number of fused-ring (bicyclic) bond motifs is 2. The Hall–Kier alpha value is -2.13. The summed E-state index contributed by atoms with van der Waals surface area (Å²) in [7, 11) is -3.57. The molecule has 0 aromatic heterocycles. The van der Waals surface area contributed by atoms with Crippen LogP contribution in [-0.4, -0.2) is 50.5 Å². The Morgan fingerprint density at radius 3 is 1.71 bits per heavy atom. The van der Waals surface area contributed by atoms with Crippen LogP contribution in [0.5, 0.6) is 11.5 Å². The molecule has 3 aromatic rings. The molecule has 1 aliphatic heterocycles. The van der Waals surface area contributed by atoms with Crippen LogP contribution in [0.4, 0.5) is 0 Å². The highest BCUT2D eigenvalue weighted by Gasteiger charge is 2.24. The molecule has 0 spiro atoms. The quantitative estimate of drug-likeness (QED) is 0.429. The van der Waals surface area contributed by atoms with Gasteiger partial charge in [-0.15, -0.1) is 0 Å². The maximum Gasteiger partial charge on any atom is 0.243 e. The van der Waals surface area contributed by atoms with Gasteiger partial charge in [-0.05, 0) is 31.2 Å². The van der Waals surface area contributed by atoms with E-state index < -0.39 is 10.0 Å². The number of aryl methyl sites for hydroxylation is 1. The van der Waals surface area contributed by atoms with E-state index in [1.165, 1.54) is 0 Å². The van der Waals surface area contributed by atoms with Crippen molar-refractivity contribution in [3.8, 4) is 11.5 Å². The van der Waals surface area contributed by atoms with E-state index >= 15 is 0 Å². The minimum Gasteiger partial charge on any atom is -0.490 e. The van der Waals surface area contributed by atoms with Crippen LogP contribution in [0.3, 0.4) is 0 Å². The molecule has 3 aromatic carbocycles. The molecule has 0 bridgehead atoms. The molecule has 0 N–H and O–H groups in total. The number of para-hydroxylation sites is 2. The lowest BCUT2D eigenvalue weighted by molar-refractivity contribution is 0.215. The largest absolute Gasteiger partial charge is 0.490 e. The summed E-state index contributed by atoms with van der Waals surface area (Å²) in [5, 5.41) is 0. The van der Waals surface area contributed by atoms with Gasteiger partial charge in [-0.3, -0.25) is 0 Å². The number of rotatable bonds is 2. The lowest BCUT2D eigenvalue weighted by Crippen LogP contribution is -2.35. The summed E-state index contributed by atoms with van der Waals surface area (Å²) in [6.07, 6.45) is 0. The van der Waals surface area contributed by atoms with Gasteiger partial charge in [0.15, 0.2) is 0 Å². The molecule has 0 amide bonds. The number of thioether (sulfide) groups is 2. The zero-order valence-electron chi connectivity index (χ0n) is 19.9. The number of hydrogen-bond acceptors (Lipinski definition) is 6. The van der Waals surface area contributed by atoms with E-state index in [1.807, 2.05) is 55.5 Å². The van der Waals surface area contributed by atoms with E-state index in [9.17, 15) is 8.42 Å². The van der Waals surface area contributed by atoms with E-state index in [4.69, 9.17) is 9.47 Å². The Labute approximate surface area is 217 Å². The highest BCUT2D eigenvalue weighted by Crippen LogP contribution is 2.26. The zero-order chi connectivity index (χ0) is 24.5. The Morgan fingerprint density at radius 1 is 0.714 bits per heavy atom. The second kappa shape index (κ2) is 12.7. The smallest absolute Gasteiger partial charge is 0.243 e. The first-order chi connectivity index (χ1) is 17.0. The highest BCUT2D eigenvalue weighted by atomic mass is 32.2. The van der Waals surface area contributed by atoms with Gasteiger partial charge >= 0.3 is 0 Å². The van der Waals surface area contributed by atoms with Gasteiger partial charge in [0.1, 0.15) is 24.7 Å². The topological polar surface area (TPSA) is 55.8 Å². The molecule has 0 unspecified atom stereocenters. The Morgan fingerprint density at radius 2 is 1.20 bits per heavy atom. The molecule has 186 valence electrons. The van der Waals surface area contributed by atoms with Crippen LogP contribution in [0, 0.1) is 6.92 Å². The summed E-state index contributed by atoms with van der Waals surface area (Å²) in [6.45, 7) is 3.81. The summed E-state index contributed by atoms with van der Waals surface area (Å²) < 4.78 is 40.6. The second-order valence-electron chi connectivity index (χ2n) is 8.23. The van der Waals surface area contributed by atoms with Gasteiger partial charge in [0.05, 0.1) is 4.90 Å². The first-order valence-corrected chi connectivity index (χ1v) is 15.4. The van der Waals surface area contributed by atoms with Gasteiger partial charge in [-0.2, -0.15) is 27.8 Å². The van der Waals surface area contributed by atoms with Gasteiger partial charge in [0, 0.05) is 47.2 Å². The molecule has 0 radical (unpaired) electrons. The van der Waals surface area contributed by atoms with Crippen LogP contribution in [0.15, 0.2) is 77.7 Å². The summed E-state index contributed by atoms with van der Waals surface area (Å²) in [6, 6.07) is 23.1. The number of nitrogens with zero attached hydrogens (tertiary/aromatic N) is 1. The third kappa shape index (κ3) is 7.19. The predicted octanol–water partition coefficient (Wildman–Crippen LogP) is 5.62. The number of sulfonamides is 1. The van der Waals surface area contributed by atoms with Crippen molar-refractivity contribution < 1.29 is 17.9 Å². The second-order valence-corrected chi connectivity index (χ2v) is 12.4.